The molecule has 2 rings (SSSR count). The van der Waals surface area contributed by atoms with Gasteiger partial charge in [0.15, 0.2) is 0 Å². The monoisotopic (exact) mass is 263 g/mol. The minimum Gasteiger partial charge on any atom is -0.392 e. The molecule has 3 heteroatoms. The van der Waals surface area contributed by atoms with E-state index >= 15 is 0 Å². The quantitative estimate of drug-likeness (QED) is 0.828. The number of hydrogen-bond donors (Lipinski definition) is 2. The van der Waals surface area contributed by atoms with E-state index in [1.807, 2.05) is 12.1 Å². The zero-order chi connectivity index (χ0) is 13.9. The van der Waals surface area contributed by atoms with Crippen LogP contribution in [0.15, 0.2) is 24.3 Å². The Morgan fingerprint density at radius 3 is 2.53 bits per heavy atom. The van der Waals surface area contributed by atoms with Crippen LogP contribution in [-0.4, -0.2) is 30.5 Å². The lowest BCUT2D eigenvalue weighted by molar-refractivity contribution is -0.102. The molecule has 1 aromatic carbocycles. The van der Waals surface area contributed by atoms with Gasteiger partial charge in [-0.15, -0.1) is 0 Å². The predicted molar refractivity (Wildman–Crippen MR) is 77.2 cm³/mol. The molecule has 1 aromatic rings. The van der Waals surface area contributed by atoms with E-state index in [1.165, 1.54) is 12.0 Å². The van der Waals surface area contributed by atoms with Crippen LogP contribution in [0.4, 0.5) is 0 Å². The Hall–Kier alpha value is -0.900. The molecule has 106 valence electrons. The average Bonchev–Trinajstić information content (AvgIpc) is 2.37. The van der Waals surface area contributed by atoms with Gasteiger partial charge in [-0.05, 0) is 37.3 Å². The molecule has 0 amide bonds. The maximum absolute atomic E-state index is 10.6. The summed E-state index contributed by atoms with van der Waals surface area (Å²) in [4.78, 5) is 0. The first-order valence-electron chi connectivity index (χ1n) is 7.11. The van der Waals surface area contributed by atoms with Crippen molar-refractivity contribution < 1.29 is 9.84 Å². The average molecular weight is 263 g/mol. The summed E-state index contributed by atoms with van der Waals surface area (Å²) >= 11 is 0. The van der Waals surface area contributed by atoms with E-state index in [1.54, 1.807) is 7.11 Å². The normalized spacial score (nSPS) is 20.6. The van der Waals surface area contributed by atoms with Crippen molar-refractivity contribution in [3.8, 4) is 0 Å². The largest absolute Gasteiger partial charge is 0.392 e. The number of nitrogens with two attached hydrogens (primary N) is 1. The number of ether oxygens (including phenoxy) is 1. The molecule has 1 fully saturated rings. The molecule has 1 aliphatic rings. The van der Waals surface area contributed by atoms with Gasteiger partial charge in [0, 0.05) is 26.0 Å². The van der Waals surface area contributed by atoms with Gasteiger partial charge in [0.2, 0.25) is 0 Å². The van der Waals surface area contributed by atoms with Crippen LogP contribution >= 0.6 is 0 Å². The van der Waals surface area contributed by atoms with Crippen LogP contribution in [0.1, 0.15) is 42.7 Å². The van der Waals surface area contributed by atoms with Crippen molar-refractivity contribution in [2.45, 2.75) is 50.2 Å². The second-order valence-corrected chi connectivity index (χ2v) is 5.71. The molecular weight excluding hydrogens is 238 g/mol. The Morgan fingerprint density at radius 1 is 1.37 bits per heavy atom. The van der Waals surface area contributed by atoms with E-state index in [2.05, 4.69) is 19.1 Å². The first-order chi connectivity index (χ1) is 9.12. The molecule has 0 spiro atoms. The maximum atomic E-state index is 10.6. The van der Waals surface area contributed by atoms with E-state index in [-0.39, 0.29) is 11.5 Å². The topological polar surface area (TPSA) is 55.5 Å². The third-order valence-corrected chi connectivity index (χ3v) is 4.59. The van der Waals surface area contributed by atoms with E-state index in [0.29, 0.717) is 13.0 Å². The lowest BCUT2D eigenvalue weighted by Gasteiger charge is -2.43. The predicted octanol–water partition coefficient (Wildman–Crippen LogP) is 2.36. The van der Waals surface area contributed by atoms with E-state index in [9.17, 15) is 5.11 Å². The Labute approximate surface area is 115 Å². The summed E-state index contributed by atoms with van der Waals surface area (Å²) in [6, 6.07) is 8.16. The Bertz CT molecular complexity index is 409. The first kappa shape index (κ1) is 14.5. The highest BCUT2D eigenvalue weighted by Crippen LogP contribution is 2.41. The van der Waals surface area contributed by atoms with Gasteiger partial charge in [0.05, 0.1) is 11.7 Å². The SMILES string of the molecule is COC1(CC(O)C(CN)c2ccccc2C)CCC1. The second-order valence-electron chi connectivity index (χ2n) is 5.71. The molecule has 3 N–H and O–H groups in total. The van der Waals surface area contributed by atoms with Crippen LogP contribution in [-0.2, 0) is 4.74 Å². The first-order valence-corrected chi connectivity index (χ1v) is 7.11. The van der Waals surface area contributed by atoms with Gasteiger partial charge in [0.25, 0.3) is 0 Å². The fourth-order valence-corrected chi connectivity index (χ4v) is 3.08. The number of methoxy groups -OCH3 is 1. The van der Waals surface area contributed by atoms with E-state index in [4.69, 9.17) is 10.5 Å². The van der Waals surface area contributed by atoms with Crippen molar-refractivity contribution in [1.82, 2.24) is 0 Å². The molecule has 3 nitrogen and oxygen atoms in total. The van der Waals surface area contributed by atoms with Gasteiger partial charge in [-0.2, -0.15) is 0 Å². The maximum Gasteiger partial charge on any atom is 0.0703 e. The van der Waals surface area contributed by atoms with E-state index in [0.717, 1.165) is 18.4 Å². The highest BCUT2D eigenvalue weighted by atomic mass is 16.5. The van der Waals surface area contributed by atoms with Gasteiger partial charge in [-0.25, -0.2) is 0 Å². The molecule has 0 saturated heterocycles. The van der Waals surface area contributed by atoms with Gasteiger partial charge in [0.1, 0.15) is 0 Å². The summed E-state index contributed by atoms with van der Waals surface area (Å²) in [5.41, 5.74) is 8.13. The number of benzene rings is 1. The van der Waals surface area contributed by atoms with Crippen molar-refractivity contribution in [2.24, 2.45) is 5.73 Å². The molecule has 0 heterocycles. The Morgan fingerprint density at radius 2 is 2.05 bits per heavy atom. The zero-order valence-corrected chi connectivity index (χ0v) is 11.9. The fraction of sp³-hybridized carbons (Fsp3) is 0.625. The van der Waals surface area contributed by atoms with Crippen LogP contribution in [0.2, 0.25) is 0 Å². The van der Waals surface area contributed by atoms with E-state index < -0.39 is 6.10 Å². The molecule has 2 unspecified atom stereocenters. The van der Waals surface area contributed by atoms with Gasteiger partial charge < -0.3 is 15.6 Å². The molecule has 0 aliphatic heterocycles. The summed E-state index contributed by atoms with van der Waals surface area (Å²) in [7, 11) is 1.75. The summed E-state index contributed by atoms with van der Waals surface area (Å²) in [5.74, 6) is -0.00572. The highest BCUT2D eigenvalue weighted by Gasteiger charge is 2.40. The standard InChI is InChI=1S/C16H25NO2/c1-12-6-3-4-7-13(12)14(11-17)15(18)10-16(19-2)8-5-9-16/h3-4,6-7,14-15,18H,5,8-11,17H2,1-2H3. The van der Waals surface area contributed by atoms with Crippen molar-refractivity contribution >= 4 is 0 Å². The number of rotatable bonds is 6. The molecular formula is C16H25NO2. The number of aliphatic hydroxyl groups excluding tert-OH is 1. The second kappa shape index (κ2) is 6.04. The Kier molecular flexibility index (Phi) is 4.61. The van der Waals surface area contributed by atoms with Gasteiger partial charge in [-0.1, -0.05) is 24.3 Å². The lowest BCUT2D eigenvalue weighted by atomic mass is 9.73. The van der Waals surface area contributed by atoms with Crippen LogP contribution < -0.4 is 5.73 Å². The number of aryl methyl sites for hydroxylation is 1. The van der Waals surface area contributed by atoms with Crippen molar-refractivity contribution in [3.63, 3.8) is 0 Å². The van der Waals surface area contributed by atoms with Gasteiger partial charge >= 0.3 is 0 Å². The van der Waals surface area contributed by atoms with Crippen LogP contribution in [0.5, 0.6) is 0 Å². The van der Waals surface area contributed by atoms with Crippen molar-refractivity contribution in [3.05, 3.63) is 35.4 Å². The van der Waals surface area contributed by atoms with Gasteiger partial charge in [-0.3, -0.25) is 0 Å². The Balaban J connectivity index is 2.11. The zero-order valence-electron chi connectivity index (χ0n) is 11.9. The van der Waals surface area contributed by atoms with Crippen LogP contribution in [0.3, 0.4) is 0 Å². The molecule has 1 saturated carbocycles. The summed E-state index contributed by atoms with van der Waals surface area (Å²) in [5, 5.41) is 10.6. The molecule has 19 heavy (non-hydrogen) atoms. The molecule has 2 atom stereocenters. The summed E-state index contributed by atoms with van der Waals surface area (Å²) in [6.45, 7) is 2.53. The van der Waals surface area contributed by atoms with Crippen LogP contribution in [0.25, 0.3) is 0 Å². The van der Waals surface area contributed by atoms with Crippen molar-refractivity contribution in [2.75, 3.05) is 13.7 Å². The van der Waals surface area contributed by atoms with Crippen LogP contribution in [0, 0.1) is 6.92 Å². The van der Waals surface area contributed by atoms with Crippen molar-refractivity contribution in [1.29, 1.82) is 0 Å². The lowest BCUT2D eigenvalue weighted by Crippen LogP contribution is -2.44. The summed E-state index contributed by atoms with van der Waals surface area (Å²) in [6.07, 6.45) is 3.53. The molecule has 0 radical (unpaired) electrons. The minimum absolute atomic E-state index is 0.00572. The minimum atomic E-state index is -0.439. The molecule has 0 aromatic heterocycles. The summed E-state index contributed by atoms with van der Waals surface area (Å²) < 4.78 is 5.60. The fourth-order valence-electron chi connectivity index (χ4n) is 3.08. The molecule has 0 bridgehead atoms. The number of hydrogen-bond acceptors (Lipinski definition) is 3. The number of aliphatic hydroxyl groups is 1. The third kappa shape index (κ3) is 2.99. The molecule has 1 aliphatic carbocycles. The third-order valence-electron chi connectivity index (χ3n) is 4.59. The smallest absolute Gasteiger partial charge is 0.0703 e. The highest BCUT2D eigenvalue weighted by molar-refractivity contribution is 5.30.